The Hall–Kier alpha value is -0.610. The Balaban J connectivity index is 2.67. The fraction of sp³-hybridized carbons (Fsp3) is 0.909. The summed E-state index contributed by atoms with van der Waals surface area (Å²) >= 11 is 0. The topological polar surface area (TPSA) is 43.8 Å². The van der Waals surface area contributed by atoms with E-state index in [1.807, 2.05) is 16.7 Å². The van der Waals surface area contributed by atoms with Gasteiger partial charge in [0.05, 0.1) is 13.2 Å². The van der Waals surface area contributed by atoms with Crippen LogP contribution in [0.5, 0.6) is 0 Å². The Morgan fingerprint density at radius 1 is 1.53 bits per heavy atom. The molecule has 0 aromatic rings. The van der Waals surface area contributed by atoms with Crippen molar-refractivity contribution >= 4 is 5.91 Å². The third-order valence-corrected chi connectivity index (χ3v) is 3.05. The highest BCUT2D eigenvalue weighted by Gasteiger charge is 2.32. The van der Waals surface area contributed by atoms with Crippen LogP contribution in [0.25, 0.3) is 0 Å². The van der Waals surface area contributed by atoms with Gasteiger partial charge < -0.3 is 10.0 Å². The average Bonchev–Trinajstić information content (AvgIpc) is 2.17. The van der Waals surface area contributed by atoms with Gasteiger partial charge in [-0.2, -0.15) is 0 Å². The van der Waals surface area contributed by atoms with Crippen molar-refractivity contribution in [3.05, 3.63) is 0 Å². The second-order valence-corrected chi connectivity index (χ2v) is 4.45. The van der Waals surface area contributed by atoms with Crippen molar-refractivity contribution in [2.75, 3.05) is 32.8 Å². The van der Waals surface area contributed by atoms with Crippen LogP contribution in [0.1, 0.15) is 20.8 Å². The molecule has 0 radical (unpaired) electrons. The number of likely N-dealkylation sites (N-methyl/N-ethyl adjacent to an activating group) is 1. The SMILES string of the molecule is CCN1C(=O)CN(CCO)CC1C(C)C. The smallest absolute Gasteiger partial charge is 0.237 e. The number of nitrogens with zero attached hydrogens (tertiary/aromatic N) is 2. The normalized spacial score (nSPS) is 23.9. The van der Waals surface area contributed by atoms with E-state index < -0.39 is 0 Å². The minimum atomic E-state index is 0.129. The number of carbonyl (C=O) groups excluding carboxylic acids is 1. The van der Waals surface area contributed by atoms with E-state index >= 15 is 0 Å². The molecule has 1 rings (SSSR count). The largest absolute Gasteiger partial charge is 0.395 e. The van der Waals surface area contributed by atoms with E-state index in [2.05, 4.69) is 13.8 Å². The summed E-state index contributed by atoms with van der Waals surface area (Å²) in [5.74, 6) is 0.659. The molecule has 1 saturated heterocycles. The number of hydrogen-bond acceptors (Lipinski definition) is 3. The zero-order chi connectivity index (χ0) is 11.4. The second kappa shape index (κ2) is 5.47. The van der Waals surface area contributed by atoms with Crippen molar-refractivity contribution in [1.29, 1.82) is 0 Å². The van der Waals surface area contributed by atoms with E-state index in [1.54, 1.807) is 0 Å². The van der Waals surface area contributed by atoms with Crippen LogP contribution in [0, 0.1) is 5.92 Å². The van der Waals surface area contributed by atoms with Crippen molar-refractivity contribution in [3.8, 4) is 0 Å². The first kappa shape index (κ1) is 12.5. The molecule has 0 saturated carbocycles. The molecule has 0 spiro atoms. The van der Waals surface area contributed by atoms with Gasteiger partial charge in [-0.3, -0.25) is 9.69 Å². The molecular weight excluding hydrogens is 192 g/mol. The number of carbonyl (C=O) groups is 1. The van der Waals surface area contributed by atoms with Gasteiger partial charge in [-0.05, 0) is 12.8 Å². The standard InChI is InChI=1S/C11H22N2O2/c1-4-13-10(9(2)3)7-12(5-6-14)8-11(13)15/h9-10,14H,4-8H2,1-3H3. The maximum absolute atomic E-state index is 11.8. The average molecular weight is 214 g/mol. The van der Waals surface area contributed by atoms with Gasteiger partial charge in [0.25, 0.3) is 0 Å². The number of rotatable bonds is 4. The number of piperazine rings is 1. The number of hydrogen-bond donors (Lipinski definition) is 1. The molecule has 15 heavy (non-hydrogen) atoms. The van der Waals surface area contributed by atoms with Gasteiger partial charge in [-0.25, -0.2) is 0 Å². The lowest BCUT2D eigenvalue weighted by molar-refractivity contribution is -0.141. The minimum Gasteiger partial charge on any atom is -0.395 e. The molecule has 0 aliphatic carbocycles. The van der Waals surface area contributed by atoms with Gasteiger partial charge in [0.1, 0.15) is 0 Å². The Labute approximate surface area is 91.9 Å². The Bertz CT molecular complexity index is 219. The zero-order valence-electron chi connectivity index (χ0n) is 9.94. The molecule has 4 nitrogen and oxygen atoms in total. The van der Waals surface area contributed by atoms with Crippen LogP contribution in [-0.2, 0) is 4.79 Å². The first-order valence-electron chi connectivity index (χ1n) is 5.72. The molecule has 0 bridgehead atoms. The molecular formula is C11H22N2O2. The van der Waals surface area contributed by atoms with Crippen molar-refractivity contribution in [2.45, 2.75) is 26.8 Å². The van der Waals surface area contributed by atoms with Crippen LogP contribution in [0.4, 0.5) is 0 Å². The number of aliphatic hydroxyl groups excluding tert-OH is 1. The molecule has 0 aromatic carbocycles. The highest BCUT2D eigenvalue weighted by Crippen LogP contribution is 2.17. The molecule has 0 aromatic heterocycles. The third kappa shape index (κ3) is 2.92. The van der Waals surface area contributed by atoms with Gasteiger partial charge in [-0.15, -0.1) is 0 Å². The monoisotopic (exact) mass is 214 g/mol. The summed E-state index contributed by atoms with van der Waals surface area (Å²) < 4.78 is 0. The van der Waals surface area contributed by atoms with Crippen LogP contribution in [-0.4, -0.2) is 59.6 Å². The summed E-state index contributed by atoms with van der Waals surface area (Å²) in [6.45, 7) is 9.17. The van der Waals surface area contributed by atoms with E-state index in [4.69, 9.17) is 5.11 Å². The minimum absolute atomic E-state index is 0.129. The number of aliphatic hydroxyl groups is 1. The maximum atomic E-state index is 11.8. The molecule has 1 aliphatic rings. The summed E-state index contributed by atoms with van der Waals surface area (Å²) in [4.78, 5) is 15.8. The van der Waals surface area contributed by atoms with E-state index in [-0.39, 0.29) is 12.5 Å². The van der Waals surface area contributed by atoms with Crippen LogP contribution in [0.15, 0.2) is 0 Å². The summed E-state index contributed by atoms with van der Waals surface area (Å²) in [5.41, 5.74) is 0. The third-order valence-electron chi connectivity index (χ3n) is 3.05. The van der Waals surface area contributed by atoms with Crippen LogP contribution >= 0.6 is 0 Å². The van der Waals surface area contributed by atoms with E-state index in [0.29, 0.717) is 25.0 Å². The first-order chi connectivity index (χ1) is 7.10. The van der Waals surface area contributed by atoms with Gasteiger partial charge >= 0.3 is 0 Å². The Kier molecular flexibility index (Phi) is 4.54. The fourth-order valence-electron chi connectivity index (χ4n) is 2.19. The van der Waals surface area contributed by atoms with Crippen molar-refractivity contribution < 1.29 is 9.90 Å². The molecule has 1 atom stereocenters. The Morgan fingerprint density at radius 2 is 2.20 bits per heavy atom. The molecule has 1 fully saturated rings. The lowest BCUT2D eigenvalue weighted by Crippen LogP contribution is -2.58. The lowest BCUT2D eigenvalue weighted by Gasteiger charge is -2.42. The Morgan fingerprint density at radius 3 is 2.67 bits per heavy atom. The van der Waals surface area contributed by atoms with Gasteiger partial charge in [0.15, 0.2) is 0 Å². The second-order valence-electron chi connectivity index (χ2n) is 4.45. The summed E-state index contributed by atoms with van der Waals surface area (Å²) in [6, 6.07) is 0.294. The predicted octanol–water partition coefficient (Wildman–Crippen LogP) is 0.167. The van der Waals surface area contributed by atoms with Crippen molar-refractivity contribution in [2.24, 2.45) is 5.92 Å². The molecule has 1 unspecified atom stereocenters. The maximum Gasteiger partial charge on any atom is 0.237 e. The number of β-amino-alcohol motifs (C(OH)–C–C–N with tert-alkyl or cyclic N) is 1. The van der Waals surface area contributed by atoms with Crippen molar-refractivity contribution in [1.82, 2.24) is 9.80 Å². The van der Waals surface area contributed by atoms with E-state index in [1.165, 1.54) is 0 Å². The summed E-state index contributed by atoms with van der Waals surface area (Å²) in [7, 11) is 0. The highest BCUT2D eigenvalue weighted by molar-refractivity contribution is 5.79. The molecule has 1 N–H and O–H groups in total. The number of amides is 1. The first-order valence-corrected chi connectivity index (χ1v) is 5.72. The highest BCUT2D eigenvalue weighted by atomic mass is 16.3. The fourth-order valence-corrected chi connectivity index (χ4v) is 2.19. The summed E-state index contributed by atoms with van der Waals surface area (Å²) in [5, 5.41) is 8.89. The quantitative estimate of drug-likeness (QED) is 0.725. The van der Waals surface area contributed by atoms with E-state index in [9.17, 15) is 4.79 Å². The molecule has 1 amide bonds. The molecule has 88 valence electrons. The molecule has 1 aliphatic heterocycles. The van der Waals surface area contributed by atoms with Crippen LogP contribution < -0.4 is 0 Å². The van der Waals surface area contributed by atoms with Crippen LogP contribution in [0.3, 0.4) is 0 Å². The lowest BCUT2D eigenvalue weighted by atomic mass is 9.99. The van der Waals surface area contributed by atoms with Gasteiger partial charge in [0, 0.05) is 25.7 Å². The van der Waals surface area contributed by atoms with Gasteiger partial charge in [-0.1, -0.05) is 13.8 Å². The van der Waals surface area contributed by atoms with E-state index in [0.717, 1.165) is 13.1 Å². The van der Waals surface area contributed by atoms with Gasteiger partial charge in [0.2, 0.25) is 5.91 Å². The summed E-state index contributed by atoms with van der Waals surface area (Å²) in [6.07, 6.45) is 0. The molecule has 4 heteroatoms. The zero-order valence-corrected chi connectivity index (χ0v) is 9.94. The van der Waals surface area contributed by atoms with Crippen molar-refractivity contribution in [3.63, 3.8) is 0 Å². The van der Waals surface area contributed by atoms with Crippen LogP contribution in [0.2, 0.25) is 0 Å². The predicted molar refractivity (Wildman–Crippen MR) is 59.5 cm³/mol. The molecule has 1 heterocycles.